The molecule has 0 unspecified atom stereocenters. The molecule has 0 aliphatic heterocycles. The second-order valence-corrected chi connectivity index (χ2v) is 5.32. The average Bonchev–Trinajstić information content (AvgIpc) is 2.84. The summed E-state index contributed by atoms with van der Waals surface area (Å²) in [6, 6.07) is 2.31. The van der Waals surface area contributed by atoms with E-state index in [1.165, 1.54) is 11.3 Å². The Bertz CT molecular complexity index is 592. The molecule has 0 bridgehead atoms. The highest BCUT2D eigenvalue weighted by molar-refractivity contribution is 7.11. The summed E-state index contributed by atoms with van der Waals surface area (Å²) in [5.74, 6) is -0.710. The number of halogens is 4. The van der Waals surface area contributed by atoms with E-state index in [1.54, 1.807) is 6.20 Å². The summed E-state index contributed by atoms with van der Waals surface area (Å²) in [5.41, 5.74) is -1.04. The molecule has 1 aromatic carbocycles. The van der Waals surface area contributed by atoms with E-state index in [0.717, 1.165) is 34.5 Å². The van der Waals surface area contributed by atoms with Crippen LogP contribution in [-0.4, -0.2) is 4.98 Å². The van der Waals surface area contributed by atoms with Gasteiger partial charge in [-0.1, -0.05) is 6.92 Å². The van der Waals surface area contributed by atoms with Crippen molar-refractivity contribution >= 4 is 17.0 Å². The predicted molar refractivity (Wildman–Crippen MR) is 70.2 cm³/mol. The summed E-state index contributed by atoms with van der Waals surface area (Å²) < 4.78 is 51.2. The minimum Gasteiger partial charge on any atom is -0.378 e. The second kappa shape index (κ2) is 5.78. The first kappa shape index (κ1) is 14.8. The van der Waals surface area contributed by atoms with Crippen molar-refractivity contribution in [1.29, 1.82) is 0 Å². The Kier molecular flexibility index (Phi) is 4.27. The maximum atomic E-state index is 13.5. The van der Waals surface area contributed by atoms with Crippen molar-refractivity contribution in [3.63, 3.8) is 0 Å². The van der Waals surface area contributed by atoms with Crippen LogP contribution in [0.15, 0.2) is 24.4 Å². The van der Waals surface area contributed by atoms with Gasteiger partial charge in [0, 0.05) is 11.1 Å². The third-order valence-corrected chi connectivity index (χ3v) is 3.79. The molecule has 0 saturated carbocycles. The number of hydrogen-bond acceptors (Lipinski definition) is 3. The summed E-state index contributed by atoms with van der Waals surface area (Å²) in [5, 5.41) is 3.61. The number of aryl methyl sites for hydroxylation is 1. The van der Waals surface area contributed by atoms with Crippen LogP contribution in [0, 0.1) is 5.82 Å². The van der Waals surface area contributed by atoms with Gasteiger partial charge in [0.15, 0.2) is 0 Å². The monoisotopic (exact) mass is 304 g/mol. The van der Waals surface area contributed by atoms with Gasteiger partial charge in [0.05, 0.1) is 22.8 Å². The highest BCUT2D eigenvalue weighted by Gasteiger charge is 2.31. The lowest BCUT2D eigenvalue weighted by Crippen LogP contribution is -2.07. The summed E-state index contributed by atoms with van der Waals surface area (Å²) in [7, 11) is 0. The van der Waals surface area contributed by atoms with E-state index in [9.17, 15) is 17.6 Å². The highest BCUT2D eigenvalue weighted by Crippen LogP contribution is 2.32. The molecular weight excluding hydrogens is 292 g/mol. The minimum atomic E-state index is -4.48. The van der Waals surface area contributed by atoms with Crippen LogP contribution in [-0.2, 0) is 19.1 Å². The number of rotatable bonds is 4. The van der Waals surface area contributed by atoms with E-state index in [0.29, 0.717) is 0 Å². The summed E-state index contributed by atoms with van der Waals surface area (Å²) >= 11 is 1.45. The molecule has 0 fully saturated rings. The topological polar surface area (TPSA) is 24.9 Å². The first-order chi connectivity index (χ1) is 9.40. The Morgan fingerprint density at radius 2 is 2.05 bits per heavy atom. The van der Waals surface area contributed by atoms with E-state index in [4.69, 9.17) is 0 Å². The number of hydrogen-bond donors (Lipinski definition) is 1. The van der Waals surface area contributed by atoms with Crippen LogP contribution in [0.3, 0.4) is 0 Å². The SMILES string of the molecule is CCc1ncc(CNc2cc(C(F)(F)F)ccc2F)s1. The van der Waals surface area contributed by atoms with Crippen molar-refractivity contribution in [1.82, 2.24) is 4.98 Å². The summed E-state index contributed by atoms with van der Waals surface area (Å²) in [6.07, 6.45) is -2.05. The van der Waals surface area contributed by atoms with E-state index in [1.807, 2.05) is 6.92 Å². The van der Waals surface area contributed by atoms with Crippen LogP contribution < -0.4 is 5.32 Å². The number of benzene rings is 1. The van der Waals surface area contributed by atoms with Gasteiger partial charge in [0.1, 0.15) is 5.82 Å². The molecule has 2 nitrogen and oxygen atoms in total. The van der Waals surface area contributed by atoms with Crippen molar-refractivity contribution in [3.05, 3.63) is 45.7 Å². The second-order valence-electron chi connectivity index (χ2n) is 4.12. The first-order valence-electron chi connectivity index (χ1n) is 5.94. The molecule has 1 N–H and O–H groups in total. The fraction of sp³-hybridized carbons (Fsp3) is 0.308. The quantitative estimate of drug-likeness (QED) is 0.843. The molecule has 108 valence electrons. The maximum absolute atomic E-state index is 13.5. The molecule has 0 spiro atoms. The average molecular weight is 304 g/mol. The number of aromatic nitrogens is 1. The third-order valence-electron chi connectivity index (χ3n) is 2.65. The third kappa shape index (κ3) is 3.47. The zero-order valence-electron chi connectivity index (χ0n) is 10.6. The molecule has 0 atom stereocenters. The van der Waals surface area contributed by atoms with Crippen molar-refractivity contribution in [2.24, 2.45) is 0 Å². The molecule has 0 aliphatic carbocycles. The van der Waals surface area contributed by atoms with Gasteiger partial charge in [-0.25, -0.2) is 9.37 Å². The van der Waals surface area contributed by atoms with Crippen molar-refractivity contribution in [2.75, 3.05) is 5.32 Å². The molecule has 0 saturated heterocycles. The van der Waals surface area contributed by atoms with Gasteiger partial charge >= 0.3 is 6.18 Å². The molecule has 20 heavy (non-hydrogen) atoms. The molecule has 2 rings (SSSR count). The van der Waals surface area contributed by atoms with E-state index >= 15 is 0 Å². The number of alkyl halides is 3. The molecular formula is C13H12F4N2S. The largest absolute Gasteiger partial charge is 0.416 e. The molecule has 1 aromatic heterocycles. The van der Waals surface area contributed by atoms with Gasteiger partial charge in [0.25, 0.3) is 0 Å². The van der Waals surface area contributed by atoms with Crippen molar-refractivity contribution in [3.8, 4) is 0 Å². The van der Waals surface area contributed by atoms with Gasteiger partial charge in [-0.05, 0) is 24.6 Å². The maximum Gasteiger partial charge on any atom is 0.416 e. The minimum absolute atomic E-state index is 0.161. The first-order valence-corrected chi connectivity index (χ1v) is 6.76. The summed E-state index contributed by atoms with van der Waals surface area (Å²) in [4.78, 5) is 4.98. The molecule has 7 heteroatoms. The fourth-order valence-corrected chi connectivity index (χ4v) is 2.41. The normalized spacial score (nSPS) is 11.7. The Hall–Kier alpha value is -1.63. The lowest BCUT2D eigenvalue weighted by atomic mass is 10.2. The molecule has 2 aromatic rings. The van der Waals surface area contributed by atoms with Crippen LogP contribution in [0.25, 0.3) is 0 Å². The van der Waals surface area contributed by atoms with Crippen molar-refractivity contribution < 1.29 is 17.6 Å². The smallest absolute Gasteiger partial charge is 0.378 e. The standard InChI is InChI=1S/C13H12F4N2S/c1-2-12-19-7-9(20-12)6-18-11-5-8(13(15,16)17)3-4-10(11)14/h3-5,7,18H,2,6H2,1H3. The number of anilines is 1. The lowest BCUT2D eigenvalue weighted by molar-refractivity contribution is -0.137. The van der Waals surface area contributed by atoms with Gasteiger partial charge in [-0.2, -0.15) is 13.2 Å². The predicted octanol–water partition coefficient (Wildman–Crippen LogP) is 4.48. The summed E-state index contributed by atoms with van der Waals surface area (Å²) in [6.45, 7) is 2.21. The molecule has 0 aliphatic rings. The Labute approximate surface area is 117 Å². The number of thiazole rings is 1. The fourth-order valence-electron chi connectivity index (χ4n) is 1.61. The Morgan fingerprint density at radius 3 is 2.65 bits per heavy atom. The molecule has 0 radical (unpaired) electrons. The van der Waals surface area contributed by atoms with Crippen molar-refractivity contribution in [2.45, 2.75) is 26.1 Å². The van der Waals surface area contributed by atoms with Gasteiger partial charge < -0.3 is 5.32 Å². The zero-order chi connectivity index (χ0) is 14.8. The molecule has 0 amide bonds. The van der Waals surface area contributed by atoms with Crippen LogP contribution in [0.5, 0.6) is 0 Å². The van der Waals surface area contributed by atoms with Crippen LogP contribution in [0.1, 0.15) is 22.4 Å². The Balaban J connectivity index is 2.12. The number of nitrogens with zero attached hydrogens (tertiary/aromatic N) is 1. The van der Waals surface area contributed by atoms with E-state index < -0.39 is 17.6 Å². The van der Waals surface area contributed by atoms with Crippen LogP contribution in [0.2, 0.25) is 0 Å². The number of nitrogens with one attached hydrogen (secondary N) is 1. The van der Waals surface area contributed by atoms with E-state index in [2.05, 4.69) is 10.3 Å². The van der Waals surface area contributed by atoms with Gasteiger partial charge in [-0.3, -0.25) is 0 Å². The van der Waals surface area contributed by atoms with Gasteiger partial charge in [0.2, 0.25) is 0 Å². The molecule has 1 heterocycles. The Morgan fingerprint density at radius 1 is 1.30 bits per heavy atom. The lowest BCUT2D eigenvalue weighted by Gasteiger charge is -2.11. The van der Waals surface area contributed by atoms with Crippen LogP contribution >= 0.6 is 11.3 Å². The van der Waals surface area contributed by atoms with Gasteiger partial charge in [-0.15, -0.1) is 11.3 Å². The highest BCUT2D eigenvalue weighted by atomic mass is 32.1. The zero-order valence-corrected chi connectivity index (χ0v) is 11.4. The van der Waals surface area contributed by atoms with Crippen LogP contribution in [0.4, 0.5) is 23.2 Å². The van der Waals surface area contributed by atoms with E-state index in [-0.39, 0.29) is 12.2 Å².